The van der Waals surface area contributed by atoms with Crippen molar-refractivity contribution in [1.29, 1.82) is 0 Å². The standard InChI is InChI=1S/C12H10BrN5O2/c1-6-15-11(5-10-16-17-12(19)18(6)10)20-9-3-2-7(13)4-8(9)14/h2-5H,14H2,1H3,(H,17,19). The summed E-state index contributed by atoms with van der Waals surface area (Å²) in [5.74, 6) is 1.29. The number of fused-ring (bicyclic) bond motifs is 1. The lowest BCUT2D eigenvalue weighted by atomic mass is 10.3. The van der Waals surface area contributed by atoms with E-state index in [2.05, 4.69) is 31.1 Å². The summed E-state index contributed by atoms with van der Waals surface area (Å²) in [6.45, 7) is 1.70. The Morgan fingerprint density at radius 3 is 2.95 bits per heavy atom. The molecule has 1 aromatic carbocycles. The molecule has 7 nitrogen and oxygen atoms in total. The van der Waals surface area contributed by atoms with Gasteiger partial charge in [-0.25, -0.2) is 14.3 Å². The number of nitrogens with two attached hydrogens (primary N) is 1. The number of anilines is 1. The van der Waals surface area contributed by atoms with Crippen LogP contribution in [-0.4, -0.2) is 19.6 Å². The molecule has 0 fully saturated rings. The number of H-pyrrole nitrogens is 1. The van der Waals surface area contributed by atoms with Crippen molar-refractivity contribution in [2.45, 2.75) is 6.92 Å². The molecule has 102 valence electrons. The maximum Gasteiger partial charge on any atom is 0.349 e. The Morgan fingerprint density at radius 1 is 1.40 bits per heavy atom. The molecule has 0 bridgehead atoms. The van der Waals surface area contributed by atoms with Gasteiger partial charge < -0.3 is 10.5 Å². The van der Waals surface area contributed by atoms with Crippen LogP contribution in [0.4, 0.5) is 5.69 Å². The van der Waals surface area contributed by atoms with Crippen molar-refractivity contribution in [2.24, 2.45) is 0 Å². The van der Waals surface area contributed by atoms with Crippen LogP contribution < -0.4 is 16.2 Å². The van der Waals surface area contributed by atoms with Crippen LogP contribution in [0.2, 0.25) is 0 Å². The molecule has 0 radical (unpaired) electrons. The summed E-state index contributed by atoms with van der Waals surface area (Å²) in [5, 5.41) is 6.24. The molecule has 8 heteroatoms. The molecule has 0 saturated carbocycles. The smallest absolute Gasteiger partial charge is 0.349 e. The molecule has 2 aromatic heterocycles. The molecular weight excluding hydrogens is 326 g/mol. The van der Waals surface area contributed by atoms with E-state index in [1.165, 1.54) is 4.40 Å². The summed E-state index contributed by atoms with van der Waals surface area (Å²) in [7, 11) is 0. The minimum absolute atomic E-state index is 0.322. The van der Waals surface area contributed by atoms with E-state index in [1.54, 1.807) is 25.1 Å². The zero-order valence-corrected chi connectivity index (χ0v) is 12.0. The average Bonchev–Trinajstić information content (AvgIpc) is 2.75. The van der Waals surface area contributed by atoms with Crippen LogP contribution in [0.5, 0.6) is 11.6 Å². The number of ether oxygens (including phenoxy) is 1. The average molecular weight is 336 g/mol. The summed E-state index contributed by atoms with van der Waals surface area (Å²) in [4.78, 5) is 15.7. The number of aromatic amines is 1. The third-order valence-electron chi connectivity index (χ3n) is 2.73. The van der Waals surface area contributed by atoms with Crippen molar-refractivity contribution in [1.82, 2.24) is 19.6 Å². The first-order chi connectivity index (χ1) is 9.54. The number of hydrogen-bond acceptors (Lipinski definition) is 5. The zero-order valence-electron chi connectivity index (χ0n) is 10.4. The van der Waals surface area contributed by atoms with E-state index in [4.69, 9.17) is 10.5 Å². The molecule has 3 N–H and O–H groups in total. The highest BCUT2D eigenvalue weighted by molar-refractivity contribution is 9.10. The van der Waals surface area contributed by atoms with E-state index in [9.17, 15) is 4.79 Å². The molecular formula is C12H10BrN5O2. The van der Waals surface area contributed by atoms with Crippen molar-refractivity contribution >= 4 is 27.3 Å². The highest BCUT2D eigenvalue weighted by Gasteiger charge is 2.09. The summed E-state index contributed by atoms with van der Waals surface area (Å²) >= 11 is 3.33. The van der Waals surface area contributed by atoms with E-state index >= 15 is 0 Å². The summed E-state index contributed by atoms with van der Waals surface area (Å²) < 4.78 is 7.86. The fourth-order valence-electron chi connectivity index (χ4n) is 1.85. The van der Waals surface area contributed by atoms with Gasteiger partial charge in [-0.3, -0.25) is 0 Å². The van der Waals surface area contributed by atoms with Gasteiger partial charge in [-0.1, -0.05) is 15.9 Å². The Balaban J connectivity index is 2.04. The topological polar surface area (TPSA) is 98.3 Å². The van der Waals surface area contributed by atoms with Gasteiger partial charge >= 0.3 is 5.69 Å². The second-order valence-electron chi connectivity index (χ2n) is 4.15. The molecule has 0 aliphatic heterocycles. The first kappa shape index (κ1) is 12.7. The molecule has 0 saturated heterocycles. The largest absolute Gasteiger partial charge is 0.437 e. The summed E-state index contributed by atoms with van der Waals surface area (Å²) in [6, 6.07) is 6.85. The van der Waals surface area contributed by atoms with E-state index in [1.807, 2.05) is 6.07 Å². The first-order valence-electron chi connectivity index (χ1n) is 5.72. The number of benzene rings is 1. The molecule has 0 aliphatic rings. The predicted molar refractivity (Wildman–Crippen MR) is 77.0 cm³/mol. The normalized spacial score (nSPS) is 10.9. The second-order valence-corrected chi connectivity index (χ2v) is 5.06. The van der Waals surface area contributed by atoms with Gasteiger partial charge in [0.25, 0.3) is 0 Å². The Labute approximate surface area is 121 Å². The fourth-order valence-corrected chi connectivity index (χ4v) is 2.23. The van der Waals surface area contributed by atoms with Crippen LogP contribution >= 0.6 is 15.9 Å². The Hall–Kier alpha value is -2.35. The lowest BCUT2D eigenvalue weighted by Gasteiger charge is -2.08. The molecule has 0 amide bonds. The number of hydrogen-bond donors (Lipinski definition) is 2. The Bertz CT molecular complexity index is 855. The second kappa shape index (κ2) is 4.64. The summed E-state index contributed by atoms with van der Waals surface area (Å²) in [6.07, 6.45) is 0. The lowest BCUT2D eigenvalue weighted by Crippen LogP contribution is -2.13. The third kappa shape index (κ3) is 2.14. The first-order valence-corrected chi connectivity index (χ1v) is 6.51. The van der Waals surface area contributed by atoms with Crippen LogP contribution in [0.1, 0.15) is 5.82 Å². The third-order valence-corrected chi connectivity index (χ3v) is 3.23. The van der Waals surface area contributed by atoms with Gasteiger partial charge in [-0.05, 0) is 25.1 Å². The molecule has 0 aliphatic carbocycles. The van der Waals surface area contributed by atoms with Crippen molar-refractivity contribution in [3.63, 3.8) is 0 Å². The van der Waals surface area contributed by atoms with Crippen LogP contribution in [0.15, 0.2) is 33.5 Å². The minimum atomic E-state index is -0.334. The fraction of sp³-hybridized carbons (Fsp3) is 0.0833. The van der Waals surface area contributed by atoms with Crippen LogP contribution in [0.3, 0.4) is 0 Å². The molecule has 0 atom stereocenters. The number of halogens is 1. The van der Waals surface area contributed by atoms with E-state index in [-0.39, 0.29) is 5.69 Å². The number of nitrogens with zero attached hydrogens (tertiary/aromatic N) is 3. The highest BCUT2D eigenvalue weighted by atomic mass is 79.9. The number of aryl methyl sites for hydroxylation is 1. The Kier molecular flexibility index (Phi) is 2.94. The quantitative estimate of drug-likeness (QED) is 0.696. The van der Waals surface area contributed by atoms with Crippen LogP contribution in [0, 0.1) is 6.92 Å². The molecule has 2 heterocycles. The monoisotopic (exact) mass is 335 g/mol. The van der Waals surface area contributed by atoms with Crippen LogP contribution in [0.25, 0.3) is 5.65 Å². The van der Waals surface area contributed by atoms with Crippen LogP contribution in [-0.2, 0) is 0 Å². The van der Waals surface area contributed by atoms with Crippen molar-refractivity contribution < 1.29 is 4.74 Å². The zero-order chi connectivity index (χ0) is 14.3. The number of nitrogens with one attached hydrogen (secondary N) is 1. The van der Waals surface area contributed by atoms with Crippen molar-refractivity contribution in [3.8, 4) is 11.6 Å². The lowest BCUT2D eigenvalue weighted by molar-refractivity contribution is 0.462. The summed E-state index contributed by atoms with van der Waals surface area (Å²) in [5.41, 5.74) is 6.45. The molecule has 0 unspecified atom stereocenters. The SMILES string of the molecule is Cc1nc(Oc2ccc(Br)cc2N)cc2n[nH]c(=O)n12. The van der Waals surface area contributed by atoms with Gasteiger partial charge in [-0.15, -0.1) is 0 Å². The molecule has 3 rings (SSSR count). The van der Waals surface area contributed by atoms with Gasteiger partial charge in [-0.2, -0.15) is 10.1 Å². The van der Waals surface area contributed by atoms with Gasteiger partial charge in [0.05, 0.1) is 5.69 Å². The maximum atomic E-state index is 11.5. The predicted octanol–water partition coefficient (Wildman–Crippen LogP) is 1.86. The maximum absolute atomic E-state index is 11.5. The molecule has 3 aromatic rings. The van der Waals surface area contributed by atoms with E-state index in [0.29, 0.717) is 28.8 Å². The van der Waals surface area contributed by atoms with E-state index in [0.717, 1.165) is 4.47 Å². The van der Waals surface area contributed by atoms with Crippen molar-refractivity contribution in [2.75, 3.05) is 5.73 Å². The van der Waals surface area contributed by atoms with Gasteiger partial charge in [0, 0.05) is 10.5 Å². The molecule has 0 spiro atoms. The highest BCUT2D eigenvalue weighted by Crippen LogP contribution is 2.29. The van der Waals surface area contributed by atoms with Crippen molar-refractivity contribution in [3.05, 3.63) is 45.0 Å². The number of rotatable bonds is 2. The molecule has 20 heavy (non-hydrogen) atoms. The number of aromatic nitrogens is 4. The van der Waals surface area contributed by atoms with E-state index < -0.39 is 0 Å². The van der Waals surface area contributed by atoms with Gasteiger partial charge in [0.2, 0.25) is 5.88 Å². The number of nitrogen functional groups attached to an aromatic ring is 1. The van der Waals surface area contributed by atoms with Gasteiger partial charge in [0.15, 0.2) is 11.4 Å². The Morgan fingerprint density at radius 2 is 2.20 bits per heavy atom. The minimum Gasteiger partial charge on any atom is -0.437 e. The van der Waals surface area contributed by atoms with Gasteiger partial charge in [0.1, 0.15) is 5.82 Å².